The molecule has 0 spiro atoms. The summed E-state index contributed by atoms with van der Waals surface area (Å²) in [5.41, 5.74) is 19.9. The first-order chi connectivity index (χ1) is 35.6. The first-order valence-electron chi connectivity index (χ1n) is 24.5. The molecule has 0 saturated heterocycles. The Labute approximate surface area is 419 Å². The van der Waals surface area contributed by atoms with Crippen LogP contribution < -0.4 is 4.90 Å². The van der Waals surface area contributed by atoms with Crippen LogP contribution in [0.1, 0.15) is 0 Å². The smallest absolute Gasteiger partial charge is 0.227 e. The Morgan fingerprint density at radius 1 is 0.278 bits per heavy atom. The molecule has 1 aromatic heterocycles. The van der Waals surface area contributed by atoms with E-state index in [1.54, 1.807) is 0 Å². The second-order valence-electron chi connectivity index (χ2n) is 18.3. The van der Waals surface area contributed by atoms with Gasteiger partial charge in [-0.15, -0.1) is 0 Å². The lowest BCUT2D eigenvalue weighted by atomic mass is 9.96. The molecular formula is C69H46N2O. The first-order valence-corrected chi connectivity index (χ1v) is 24.5. The van der Waals surface area contributed by atoms with Crippen molar-refractivity contribution < 1.29 is 4.42 Å². The molecule has 3 nitrogen and oxygen atoms in total. The second kappa shape index (κ2) is 18.4. The van der Waals surface area contributed by atoms with Crippen LogP contribution >= 0.6 is 0 Å². The summed E-state index contributed by atoms with van der Waals surface area (Å²) >= 11 is 0. The van der Waals surface area contributed by atoms with Crippen molar-refractivity contribution in [3.05, 3.63) is 279 Å². The molecule has 0 fully saturated rings. The minimum atomic E-state index is 0.618. The summed E-state index contributed by atoms with van der Waals surface area (Å²) in [5.74, 6) is 0.618. The molecule has 0 aliphatic rings. The summed E-state index contributed by atoms with van der Waals surface area (Å²) < 4.78 is 6.39. The summed E-state index contributed by atoms with van der Waals surface area (Å²) in [5, 5.41) is 4.56. The van der Waals surface area contributed by atoms with Crippen LogP contribution in [0.2, 0.25) is 0 Å². The summed E-state index contributed by atoms with van der Waals surface area (Å²) in [4.78, 5) is 7.47. The Balaban J connectivity index is 0.837. The van der Waals surface area contributed by atoms with Crippen molar-refractivity contribution in [1.82, 2.24) is 4.98 Å². The lowest BCUT2D eigenvalue weighted by Gasteiger charge is -2.28. The van der Waals surface area contributed by atoms with Gasteiger partial charge in [-0.2, -0.15) is 0 Å². The van der Waals surface area contributed by atoms with Crippen molar-refractivity contribution in [3.63, 3.8) is 0 Å². The first kappa shape index (κ1) is 42.5. The van der Waals surface area contributed by atoms with E-state index in [4.69, 9.17) is 9.40 Å². The molecule has 0 N–H and O–H groups in total. The van der Waals surface area contributed by atoms with E-state index in [9.17, 15) is 0 Å². The lowest BCUT2D eigenvalue weighted by molar-refractivity contribution is 0.620. The molecule has 1 heterocycles. The van der Waals surface area contributed by atoms with E-state index in [2.05, 4.69) is 272 Å². The number of hydrogen-bond donors (Lipinski definition) is 0. The van der Waals surface area contributed by atoms with Crippen LogP contribution in [-0.2, 0) is 0 Å². The number of nitrogens with zero attached hydrogens (tertiary/aromatic N) is 2. The average molecular weight is 919 g/mol. The van der Waals surface area contributed by atoms with Crippen molar-refractivity contribution in [3.8, 4) is 78.2 Å². The van der Waals surface area contributed by atoms with Gasteiger partial charge in [0.1, 0.15) is 5.52 Å². The topological polar surface area (TPSA) is 29.3 Å². The van der Waals surface area contributed by atoms with Gasteiger partial charge >= 0.3 is 0 Å². The minimum Gasteiger partial charge on any atom is -0.436 e. The van der Waals surface area contributed by atoms with Crippen molar-refractivity contribution in [2.45, 2.75) is 0 Å². The summed E-state index contributed by atoms with van der Waals surface area (Å²) in [6.07, 6.45) is 0. The monoisotopic (exact) mass is 918 g/mol. The van der Waals surface area contributed by atoms with Gasteiger partial charge in [-0.3, -0.25) is 0 Å². The van der Waals surface area contributed by atoms with Crippen molar-refractivity contribution in [1.29, 1.82) is 0 Å². The van der Waals surface area contributed by atoms with E-state index in [1.807, 2.05) is 12.1 Å². The zero-order valence-electron chi connectivity index (χ0n) is 39.4. The highest BCUT2D eigenvalue weighted by Crippen LogP contribution is 2.43. The molecule has 72 heavy (non-hydrogen) atoms. The molecule has 13 aromatic rings. The maximum Gasteiger partial charge on any atom is 0.227 e. The fourth-order valence-corrected chi connectivity index (χ4v) is 10.1. The zero-order valence-corrected chi connectivity index (χ0v) is 39.4. The number of anilines is 3. The van der Waals surface area contributed by atoms with Crippen LogP contribution in [0, 0.1) is 0 Å². The van der Waals surface area contributed by atoms with E-state index in [0.717, 1.165) is 77.9 Å². The van der Waals surface area contributed by atoms with Gasteiger partial charge in [0.25, 0.3) is 0 Å². The van der Waals surface area contributed by atoms with Crippen LogP contribution in [-0.4, -0.2) is 4.98 Å². The molecule has 0 unspecified atom stereocenters. The van der Waals surface area contributed by atoms with E-state index in [-0.39, 0.29) is 0 Å². The van der Waals surface area contributed by atoms with Crippen LogP contribution in [0.4, 0.5) is 17.1 Å². The molecule has 0 aliphatic heterocycles. The van der Waals surface area contributed by atoms with Gasteiger partial charge in [-0.1, -0.05) is 212 Å². The molecule has 0 aliphatic carbocycles. The Hall–Kier alpha value is -9.57. The second-order valence-corrected chi connectivity index (χ2v) is 18.3. The van der Waals surface area contributed by atoms with Crippen LogP contribution in [0.3, 0.4) is 0 Å². The fraction of sp³-hybridized carbons (Fsp3) is 0. The average Bonchev–Trinajstić information content (AvgIpc) is 3.92. The van der Waals surface area contributed by atoms with Crippen LogP contribution in [0.15, 0.2) is 283 Å². The van der Waals surface area contributed by atoms with Gasteiger partial charge in [-0.05, 0) is 144 Å². The van der Waals surface area contributed by atoms with E-state index in [1.165, 1.54) is 44.2 Å². The number of oxazole rings is 1. The van der Waals surface area contributed by atoms with Crippen LogP contribution in [0.25, 0.3) is 111 Å². The molecule has 0 amide bonds. The Morgan fingerprint density at radius 3 is 1.33 bits per heavy atom. The van der Waals surface area contributed by atoms with Gasteiger partial charge in [0.15, 0.2) is 5.58 Å². The molecule has 338 valence electrons. The number of rotatable bonds is 10. The predicted octanol–water partition coefficient (Wildman–Crippen LogP) is 19.3. The van der Waals surface area contributed by atoms with E-state index in [0.29, 0.717) is 5.89 Å². The lowest BCUT2D eigenvalue weighted by Crippen LogP contribution is -2.11. The van der Waals surface area contributed by atoms with E-state index < -0.39 is 0 Å². The molecule has 0 radical (unpaired) electrons. The summed E-state index contributed by atoms with van der Waals surface area (Å²) in [6, 6.07) is 99.9. The Morgan fingerprint density at radius 2 is 0.722 bits per heavy atom. The van der Waals surface area contributed by atoms with Gasteiger partial charge < -0.3 is 9.32 Å². The maximum atomic E-state index is 6.39. The third-order valence-electron chi connectivity index (χ3n) is 13.9. The van der Waals surface area contributed by atoms with Gasteiger partial charge in [0, 0.05) is 27.9 Å². The van der Waals surface area contributed by atoms with Crippen LogP contribution in [0.5, 0.6) is 0 Å². The predicted molar refractivity (Wildman–Crippen MR) is 302 cm³/mol. The molecular weight excluding hydrogens is 873 g/mol. The van der Waals surface area contributed by atoms with Crippen molar-refractivity contribution >= 4 is 49.7 Å². The number of aromatic nitrogens is 1. The standard InChI is InChI=1S/C69H46N2O/c1-4-13-47(14-5-1)49-23-25-51(26-24-49)52-37-40-62(41-38-52)71(66-22-11-10-21-64(66)54-17-8-3-9-18-54)63-20-12-19-57(45-63)58-34-29-53-30-35-59(44-61(53)43-58)60-36-31-55-39-42-67-68(65(55)46-60)70-69(72-67)56-32-27-50(28-33-56)48-15-6-2-7-16-48/h1-46H. The zero-order chi connectivity index (χ0) is 47.8. The SMILES string of the molecule is c1ccc(-c2ccc(-c3ccc(N(c4cccc(-c5ccc6ccc(-c7ccc8ccc9oc(-c%10ccc(-c%11ccccc%11)cc%10)nc9c8c7)cc6c5)c4)c4ccccc4-c4ccccc4)cc3)cc2)cc1. The molecule has 0 atom stereocenters. The molecule has 12 aromatic carbocycles. The molecule has 13 rings (SSSR count). The van der Waals surface area contributed by atoms with Gasteiger partial charge in [0.2, 0.25) is 5.89 Å². The molecule has 3 heteroatoms. The number of para-hydroxylation sites is 1. The van der Waals surface area contributed by atoms with Gasteiger partial charge in [0.05, 0.1) is 5.69 Å². The molecule has 0 bridgehead atoms. The minimum absolute atomic E-state index is 0.618. The quantitative estimate of drug-likeness (QED) is 0.137. The van der Waals surface area contributed by atoms with Crippen molar-refractivity contribution in [2.24, 2.45) is 0 Å². The van der Waals surface area contributed by atoms with E-state index >= 15 is 0 Å². The molecule has 0 saturated carbocycles. The third kappa shape index (κ3) is 8.19. The number of hydrogen-bond acceptors (Lipinski definition) is 3. The summed E-state index contributed by atoms with van der Waals surface area (Å²) in [6.45, 7) is 0. The normalized spacial score (nSPS) is 11.3. The number of benzene rings is 12. The number of fused-ring (bicyclic) bond motifs is 4. The summed E-state index contributed by atoms with van der Waals surface area (Å²) in [7, 11) is 0. The highest BCUT2D eigenvalue weighted by Gasteiger charge is 2.19. The Kier molecular flexibility index (Phi) is 10.9. The Bertz CT molecular complexity index is 4050. The highest BCUT2D eigenvalue weighted by molar-refractivity contribution is 6.06. The maximum absolute atomic E-state index is 6.39. The van der Waals surface area contributed by atoms with Crippen molar-refractivity contribution in [2.75, 3.05) is 4.90 Å². The highest BCUT2D eigenvalue weighted by atomic mass is 16.3. The third-order valence-corrected chi connectivity index (χ3v) is 13.9. The fourth-order valence-electron chi connectivity index (χ4n) is 10.1. The van der Waals surface area contributed by atoms with Gasteiger partial charge in [-0.25, -0.2) is 4.98 Å². The largest absolute Gasteiger partial charge is 0.436 e.